The topological polar surface area (TPSA) is 66.9 Å². The first-order valence-corrected chi connectivity index (χ1v) is 8.27. The molecule has 126 valence electrons. The number of hydrogen-bond donors (Lipinski definition) is 2. The van der Waals surface area contributed by atoms with Crippen molar-refractivity contribution in [2.75, 3.05) is 10.6 Å². The van der Waals surface area contributed by atoms with Gasteiger partial charge in [0.25, 0.3) is 5.91 Å². The second-order valence-electron chi connectivity index (χ2n) is 5.40. The summed E-state index contributed by atoms with van der Waals surface area (Å²) in [4.78, 5) is 20.6. The Bertz CT molecular complexity index is 863. The van der Waals surface area contributed by atoms with E-state index in [0.717, 1.165) is 12.1 Å². The van der Waals surface area contributed by atoms with E-state index in [0.29, 0.717) is 22.2 Å². The minimum Gasteiger partial charge on any atom is -0.323 e. The minimum atomic E-state index is -0.256. The Kier molecular flexibility index (Phi) is 5.26. The number of anilines is 3. The van der Waals surface area contributed by atoms with Gasteiger partial charge in [0.15, 0.2) is 0 Å². The van der Waals surface area contributed by atoms with Gasteiger partial charge in [0, 0.05) is 18.1 Å². The van der Waals surface area contributed by atoms with Crippen LogP contribution < -0.4 is 10.6 Å². The van der Waals surface area contributed by atoms with Crippen molar-refractivity contribution in [1.29, 1.82) is 0 Å². The van der Waals surface area contributed by atoms with Crippen LogP contribution in [0.2, 0.25) is 5.02 Å². The summed E-state index contributed by atoms with van der Waals surface area (Å²) in [5.74, 6) is 0.116. The number of benzene rings is 2. The summed E-state index contributed by atoms with van der Waals surface area (Å²) in [5.41, 5.74) is 3.04. The van der Waals surface area contributed by atoms with Crippen molar-refractivity contribution in [3.8, 4) is 0 Å². The summed E-state index contributed by atoms with van der Waals surface area (Å²) in [6.45, 7) is 2.09. The van der Waals surface area contributed by atoms with E-state index in [4.69, 9.17) is 11.6 Å². The van der Waals surface area contributed by atoms with Crippen LogP contribution in [0.1, 0.15) is 22.8 Å². The Morgan fingerprint density at radius 3 is 2.36 bits per heavy atom. The van der Waals surface area contributed by atoms with Crippen LogP contribution in [0.5, 0.6) is 0 Å². The van der Waals surface area contributed by atoms with E-state index < -0.39 is 0 Å². The molecule has 0 aliphatic rings. The standard InChI is InChI=1S/C19H17ClN4O/c1-2-13-7-9-15(10-8-13)23-18(25)14-11-21-19(22-12-14)24-17-6-4-3-5-16(17)20/h3-12H,2H2,1H3,(H,23,25)(H,21,22,24). The average molecular weight is 353 g/mol. The molecule has 1 heterocycles. The molecule has 3 rings (SSSR count). The lowest BCUT2D eigenvalue weighted by Crippen LogP contribution is -2.13. The van der Waals surface area contributed by atoms with E-state index in [1.54, 1.807) is 6.07 Å². The molecule has 2 N–H and O–H groups in total. The third-order valence-corrected chi connectivity index (χ3v) is 3.98. The summed E-state index contributed by atoms with van der Waals surface area (Å²) in [6, 6.07) is 15.0. The van der Waals surface area contributed by atoms with Crippen molar-refractivity contribution in [3.63, 3.8) is 0 Å². The van der Waals surface area contributed by atoms with Crippen molar-refractivity contribution in [1.82, 2.24) is 9.97 Å². The lowest BCUT2D eigenvalue weighted by molar-refractivity contribution is 0.102. The third-order valence-electron chi connectivity index (χ3n) is 3.65. The molecule has 0 fully saturated rings. The number of aromatic nitrogens is 2. The molecule has 6 heteroatoms. The van der Waals surface area contributed by atoms with Gasteiger partial charge in [-0.15, -0.1) is 0 Å². The third kappa shape index (κ3) is 4.33. The predicted molar refractivity (Wildman–Crippen MR) is 101 cm³/mol. The fourth-order valence-corrected chi connectivity index (χ4v) is 2.40. The first-order chi connectivity index (χ1) is 12.2. The van der Waals surface area contributed by atoms with Gasteiger partial charge in [0.05, 0.1) is 16.3 Å². The van der Waals surface area contributed by atoms with Crippen LogP contribution in [0.25, 0.3) is 0 Å². The van der Waals surface area contributed by atoms with Crippen LogP contribution in [-0.2, 0) is 6.42 Å². The van der Waals surface area contributed by atoms with Gasteiger partial charge in [0.2, 0.25) is 5.95 Å². The SMILES string of the molecule is CCc1ccc(NC(=O)c2cnc(Nc3ccccc3Cl)nc2)cc1. The molecule has 5 nitrogen and oxygen atoms in total. The fraction of sp³-hybridized carbons (Fsp3) is 0.105. The van der Waals surface area contributed by atoms with Crippen molar-refractivity contribution < 1.29 is 4.79 Å². The highest BCUT2D eigenvalue weighted by Crippen LogP contribution is 2.23. The number of aryl methyl sites for hydroxylation is 1. The molecule has 0 saturated carbocycles. The molecule has 0 aliphatic carbocycles. The summed E-state index contributed by atoms with van der Waals surface area (Å²) >= 11 is 6.09. The number of nitrogens with zero attached hydrogens (tertiary/aromatic N) is 2. The van der Waals surface area contributed by atoms with Crippen LogP contribution >= 0.6 is 11.6 Å². The summed E-state index contributed by atoms with van der Waals surface area (Å²) < 4.78 is 0. The number of carbonyl (C=O) groups excluding carboxylic acids is 1. The average Bonchev–Trinajstić information content (AvgIpc) is 2.65. The van der Waals surface area contributed by atoms with Crippen molar-refractivity contribution in [2.45, 2.75) is 13.3 Å². The molecular formula is C19H17ClN4O. The van der Waals surface area contributed by atoms with Gasteiger partial charge >= 0.3 is 0 Å². The number of nitrogens with one attached hydrogen (secondary N) is 2. The van der Waals surface area contributed by atoms with E-state index in [9.17, 15) is 4.79 Å². The maximum absolute atomic E-state index is 12.3. The molecule has 25 heavy (non-hydrogen) atoms. The Hall–Kier alpha value is -2.92. The van der Waals surface area contributed by atoms with Gasteiger partial charge in [-0.1, -0.05) is 42.8 Å². The summed E-state index contributed by atoms with van der Waals surface area (Å²) in [7, 11) is 0. The molecule has 0 atom stereocenters. The van der Waals surface area contributed by atoms with E-state index in [1.807, 2.05) is 42.5 Å². The fourth-order valence-electron chi connectivity index (χ4n) is 2.22. The highest BCUT2D eigenvalue weighted by molar-refractivity contribution is 6.33. The van der Waals surface area contributed by atoms with Crippen LogP contribution in [0.4, 0.5) is 17.3 Å². The van der Waals surface area contributed by atoms with Gasteiger partial charge in [-0.2, -0.15) is 0 Å². The number of rotatable bonds is 5. The van der Waals surface area contributed by atoms with Crippen LogP contribution in [0.3, 0.4) is 0 Å². The molecule has 0 aliphatic heterocycles. The maximum atomic E-state index is 12.3. The highest BCUT2D eigenvalue weighted by Gasteiger charge is 2.08. The zero-order valence-corrected chi connectivity index (χ0v) is 14.4. The normalized spacial score (nSPS) is 10.3. The Morgan fingerprint density at radius 2 is 1.72 bits per heavy atom. The van der Waals surface area contributed by atoms with E-state index >= 15 is 0 Å². The molecule has 0 unspecified atom stereocenters. The summed E-state index contributed by atoms with van der Waals surface area (Å²) in [6.07, 6.45) is 3.91. The molecule has 0 saturated heterocycles. The number of carbonyl (C=O) groups is 1. The Morgan fingerprint density at radius 1 is 1.04 bits per heavy atom. The number of hydrogen-bond acceptors (Lipinski definition) is 4. The number of halogens is 1. The van der Waals surface area contributed by atoms with Crippen LogP contribution in [-0.4, -0.2) is 15.9 Å². The minimum absolute atomic E-state index is 0.256. The van der Waals surface area contributed by atoms with Crippen LogP contribution in [0, 0.1) is 0 Å². The van der Waals surface area contributed by atoms with Crippen molar-refractivity contribution in [2.24, 2.45) is 0 Å². The van der Waals surface area contributed by atoms with Crippen LogP contribution in [0.15, 0.2) is 60.9 Å². The van der Waals surface area contributed by atoms with Gasteiger partial charge < -0.3 is 10.6 Å². The molecule has 2 aromatic carbocycles. The van der Waals surface area contributed by atoms with Gasteiger partial charge in [0.1, 0.15) is 0 Å². The largest absolute Gasteiger partial charge is 0.323 e. The predicted octanol–water partition coefficient (Wildman–Crippen LogP) is 4.69. The van der Waals surface area contributed by atoms with Gasteiger partial charge in [-0.3, -0.25) is 4.79 Å². The number of amides is 1. The molecule has 0 bridgehead atoms. The monoisotopic (exact) mass is 352 g/mol. The Balaban J connectivity index is 1.66. The summed E-state index contributed by atoms with van der Waals surface area (Å²) in [5, 5.41) is 6.41. The van der Waals surface area contributed by atoms with Crippen molar-refractivity contribution in [3.05, 3.63) is 77.1 Å². The Labute approximate surface area is 151 Å². The van der Waals surface area contributed by atoms with E-state index in [1.165, 1.54) is 18.0 Å². The van der Waals surface area contributed by atoms with Crippen molar-refractivity contribution >= 4 is 34.8 Å². The van der Waals surface area contributed by atoms with E-state index in [2.05, 4.69) is 27.5 Å². The second-order valence-corrected chi connectivity index (χ2v) is 5.81. The molecule has 1 aromatic heterocycles. The molecular weight excluding hydrogens is 336 g/mol. The number of para-hydroxylation sites is 1. The van der Waals surface area contributed by atoms with E-state index in [-0.39, 0.29) is 5.91 Å². The zero-order chi connectivity index (χ0) is 17.6. The lowest BCUT2D eigenvalue weighted by Gasteiger charge is -2.08. The van der Waals surface area contributed by atoms with Gasteiger partial charge in [-0.05, 0) is 36.2 Å². The van der Waals surface area contributed by atoms with Gasteiger partial charge in [-0.25, -0.2) is 9.97 Å². The quantitative estimate of drug-likeness (QED) is 0.699. The smallest absolute Gasteiger partial charge is 0.258 e. The maximum Gasteiger partial charge on any atom is 0.258 e. The second kappa shape index (κ2) is 7.77. The first-order valence-electron chi connectivity index (χ1n) is 7.89. The lowest BCUT2D eigenvalue weighted by atomic mass is 10.1. The molecule has 3 aromatic rings. The highest BCUT2D eigenvalue weighted by atomic mass is 35.5. The molecule has 1 amide bonds. The first kappa shape index (κ1) is 16.9. The molecule has 0 spiro atoms. The zero-order valence-electron chi connectivity index (χ0n) is 13.7. The molecule has 0 radical (unpaired) electrons.